The average Bonchev–Trinajstić information content (AvgIpc) is 3.14. The molecule has 6 nitrogen and oxygen atoms in total. The van der Waals surface area contributed by atoms with Crippen LogP contribution < -0.4 is 5.56 Å². The molecule has 26 heavy (non-hydrogen) atoms. The number of aryl methyl sites for hydroxylation is 2. The van der Waals surface area contributed by atoms with Crippen LogP contribution in [0.5, 0.6) is 0 Å². The van der Waals surface area contributed by atoms with Gasteiger partial charge in [0.15, 0.2) is 0 Å². The van der Waals surface area contributed by atoms with Crippen molar-refractivity contribution in [3.8, 4) is 0 Å². The lowest BCUT2D eigenvalue weighted by Gasteiger charge is -2.32. The van der Waals surface area contributed by atoms with Gasteiger partial charge in [-0.3, -0.25) is 9.59 Å². The lowest BCUT2D eigenvalue weighted by molar-refractivity contribution is 0.0703. The van der Waals surface area contributed by atoms with E-state index in [0.717, 1.165) is 44.6 Å². The standard InChI is InChI=1S/C20H28N4O2/c1-3-5-10-23-13-9-21-19(23)17-7-6-11-24(15-17)20(26)16-8-12-22(4-2)18(25)14-16/h8-9,12-14,17H,3-7,10-11,15H2,1-2H3/t17-/m0/s1. The summed E-state index contributed by atoms with van der Waals surface area (Å²) in [4.78, 5) is 31.3. The maximum Gasteiger partial charge on any atom is 0.254 e. The molecule has 0 N–H and O–H groups in total. The Labute approximate surface area is 154 Å². The number of hydrogen-bond acceptors (Lipinski definition) is 3. The Kier molecular flexibility index (Phi) is 5.91. The van der Waals surface area contributed by atoms with E-state index in [1.807, 2.05) is 24.2 Å². The zero-order valence-corrected chi connectivity index (χ0v) is 15.7. The molecule has 0 bridgehead atoms. The summed E-state index contributed by atoms with van der Waals surface area (Å²) in [6, 6.07) is 3.21. The number of rotatable bonds is 6. The minimum absolute atomic E-state index is 0.0540. The number of aromatic nitrogens is 3. The lowest BCUT2D eigenvalue weighted by atomic mass is 9.96. The summed E-state index contributed by atoms with van der Waals surface area (Å²) in [6.07, 6.45) is 9.89. The van der Waals surface area contributed by atoms with Crippen LogP contribution in [0.15, 0.2) is 35.5 Å². The van der Waals surface area contributed by atoms with Crippen LogP contribution in [0.4, 0.5) is 0 Å². The number of nitrogens with zero attached hydrogens (tertiary/aromatic N) is 4. The molecule has 0 unspecified atom stereocenters. The Morgan fingerprint density at radius 1 is 1.27 bits per heavy atom. The fraction of sp³-hybridized carbons (Fsp3) is 0.550. The summed E-state index contributed by atoms with van der Waals surface area (Å²) in [5.74, 6) is 1.29. The third-order valence-electron chi connectivity index (χ3n) is 5.16. The lowest BCUT2D eigenvalue weighted by Crippen LogP contribution is -2.40. The molecule has 0 aromatic carbocycles. The third kappa shape index (κ3) is 3.89. The van der Waals surface area contributed by atoms with Crippen molar-refractivity contribution in [2.75, 3.05) is 13.1 Å². The van der Waals surface area contributed by atoms with Crippen molar-refractivity contribution in [1.82, 2.24) is 19.0 Å². The molecule has 0 radical (unpaired) electrons. The summed E-state index contributed by atoms with van der Waals surface area (Å²) >= 11 is 0. The first kappa shape index (κ1) is 18.4. The normalized spacial score (nSPS) is 17.5. The number of carbonyl (C=O) groups is 1. The van der Waals surface area contributed by atoms with E-state index in [-0.39, 0.29) is 17.4 Å². The topological polar surface area (TPSA) is 60.1 Å². The van der Waals surface area contributed by atoms with Gasteiger partial charge in [0.05, 0.1) is 0 Å². The zero-order valence-electron chi connectivity index (χ0n) is 15.7. The molecule has 1 amide bonds. The monoisotopic (exact) mass is 356 g/mol. The second kappa shape index (κ2) is 8.34. The van der Waals surface area contributed by atoms with Gasteiger partial charge in [-0.15, -0.1) is 0 Å². The number of piperidine rings is 1. The van der Waals surface area contributed by atoms with Gasteiger partial charge in [-0.05, 0) is 32.3 Å². The van der Waals surface area contributed by atoms with Gasteiger partial charge in [-0.25, -0.2) is 4.98 Å². The first-order valence-corrected chi connectivity index (χ1v) is 9.64. The van der Waals surface area contributed by atoms with E-state index in [0.29, 0.717) is 18.7 Å². The summed E-state index contributed by atoms with van der Waals surface area (Å²) in [5, 5.41) is 0. The van der Waals surface area contributed by atoms with Gasteiger partial charge in [0, 0.05) is 62.3 Å². The number of imidazole rings is 1. The molecule has 1 atom stereocenters. The molecular formula is C20H28N4O2. The molecule has 1 aliphatic heterocycles. The molecule has 2 aromatic heterocycles. The molecule has 140 valence electrons. The van der Waals surface area contributed by atoms with Gasteiger partial charge in [0.25, 0.3) is 11.5 Å². The summed E-state index contributed by atoms with van der Waals surface area (Å²) in [5.41, 5.74) is 0.358. The molecule has 6 heteroatoms. The zero-order chi connectivity index (χ0) is 18.5. The molecule has 2 aromatic rings. The van der Waals surface area contributed by atoms with Crippen molar-refractivity contribution >= 4 is 5.91 Å². The predicted octanol–water partition coefficient (Wildman–Crippen LogP) is 2.88. The van der Waals surface area contributed by atoms with E-state index in [2.05, 4.69) is 16.5 Å². The summed E-state index contributed by atoms with van der Waals surface area (Å²) < 4.78 is 3.82. The van der Waals surface area contributed by atoms with Gasteiger partial charge >= 0.3 is 0 Å². The SMILES string of the molecule is CCCCn1ccnc1[C@H]1CCCN(C(=O)c2ccn(CC)c(=O)c2)C1. The smallest absolute Gasteiger partial charge is 0.254 e. The first-order chi connectivity index (χ1) is 12.6. The fourth-order valence-electron chi connectivity index (χ4n) is 3.66. The van der Waals surface area contributed by atoms with Crippen molar-refractivity contribution in [2.45, 2.75) is 58.5 Å². The Hall–Kier alpha value is -2.37. The highest BCUT2D eigenvalue weighted by Gasteiger charge is 2.28. The number of likely N-dealkylation sites (tertiary alicyclic amines) is 1. The summed E-state index contributed by atoms with van der Waals surface area (Å²) in [6.45, 7) is 7.09. The predicted molar refractivity (Wildman–Crippen MR) is 101 cm³/mol. The van der Waals surface area contributed by atoms with Gasteiger partial charge in [0.2, 0.25) is 0 Å². The van der Waals surface area contributed by atoms with Crippen LogP contribution in [0.3, 0.4) is 0 Å². The van der Waals surface area contributed by atoms with Crippen LogP contribution in [0.1, 0.15) is 61.6 Å². The van der Waals surface area contributed by atoms with E-state index >= 15 is 0 Å². The van der Waals surface area contributed by atoms with Gasteiger partial charge in [-0.1, -0.05) is 13.3 Å². The number of unbranched alkanes of at least 4 members (excludes halogenated alkanes) is 1. The molecule has 0 saturated carbocycles. The minimum Gasteiger partial charge on any atom is -0.338 e. The highest BCUT2D eigenvalue weighted by atomic mass is 16.2. The van der Waals surface area contributed by atoms with Crippen LogP contribution in [0, 0.1) is 0 Å². The molecule has 1 aliphatic rings. The van der Waals surface area contributed by atoms with Crippen molar-refractivity contribution in [2.24, 2.45) is 0 Å². The van der Waals surface area contributed by atoms with Crippen LogP contribution in [-0.4, -0.2) is 38.0 Å². The second-order valence-corrected chi connectivity index (χ2v) is 6.96. The van der Waals surface area contributed by atoms with Crippen molar-refractivity contribution < 1.29 is 4.79 Å². The number of hydrogen-bond donors (Lipinski definition) is 0. The number of carbonyl (C=O) groups excluding carboxylic acids is 1. The molecule has 0 spiro atoms. The molecular weight excluding hydrogens is 328 g/mol. The Bertz CT molecular complexity index is 808. The largest absolute Gasteiger partial charge is 0.338 e. The fourth-order valence-corrected chi connectivity index (χ4v) is 3.66. The maximum atomic E-state index is 12.9. The molecule has 1 saturated heterocycles. The van der Waals surface area contributed by atoms with Crippen molar-refractivity contribution in [3.63, 3.8) is 0 Å². The molecule has 3 rings (SSSR count). The van der Waals surface area contributed by atoms with Crippen molar-refractivity contribution in [3.05, 3.63) is 52.5 Å². The number of pyridine rings is 1. The second-order valence-electron chi connectivity index (χ2n) is 6.96. The third-order valence-corrected chi connectivity index (χ3v) is 5.16. The van der Waals surface area contributed by atoms with Crippen molar-refractivity contribution in [1.29, 1.82) is 0 Å². The summed E-state index contributed by atoms with van der Waals surface area (Å²) in [7, 11) is 0. The van der Waals surface area contributed by atoms with Crippen LogP contribution in [-0.2, 0) is 13.1 Å². The van der Waals surface area contributed by atoms with Crippen LogP contribution in [0.2, 0.25) is 0 Å². The number of amides is 1. The van der Waals surface area contributed by atoms with Gasteiger partial charge in [0.1, 0.15) is 5.82 Å². The Morgan fingerprint density at radius 3 is 2.85 bits per heavy atom. The van der Waals surface area contributed by atoms with E-state index in [4.69, 9.17) is 0 Å². The van der Waals surface area contributed by atoms with Gasteiger partial charge in [-0.2, -0.15) is 0 Å². The van der Waals surface area contributed by atoms with E-state index < -0.39 is 0 Å². The van der Waals surface area contributed by atoms with Gasteiger partial charge < -0.3 is 14.0 Å². The van der Waals surface area contributed by atoms with E-state index in [9.17, 15) is 9.59 Å². The molecule has 1 fully saturated rings. The van der Waals surface area contributed by atoms with E-state index in [1.54, 1.807) is 16.8 Å². The Balaban J connectivity index is 1.74. The molecule has 3 heterocycles. The highest BCUT2D eigenvalue weighted by Crippen LogP contribution is 2.27. The van der Waals surface area contributed by atoms with Crippen LogP contribution in [0.25, 0.3) is 0 Å². The Morgan fingerprint density at radius 2 is 2.12 bits per heavy atom. The van der Waals surface area contributed by atoms with E-state index in [1.165, 1.54) is 6.07 Å². The molecule has 0 aliphatic carbocycles. The average molecular weight is 356 g/mol. The first-order valence-electron chi connectivity index (χ1n) is 9.64. The quantitative estimate of drug-likeness (QED) is 0.800. The highest BCUT2D eigenvalue weighted by molar-refractivity contribution is 5.94. The minimum atomic E-state index is -0.123. The maximum absolute atomic E-state index is 12.9. The van der Waals surface area contributed by atoms with Crippen LogP contribution >= 0.6 is 0 Å².